The first-order valence-corrected chi connectivity index (χ1v) is 17.1. The van der Waals surface area contributed by atoms with E-state index in [1.165, 1.54) is 19.4 Å². The molecule has 1 heterocycles. The highest BCUT2D eigenvalue weighted by Crippen LogP contribution is 2.45. The van der Waals surface area contributed by atoms with Crippen LogP contribution in [0.4, 0.5) is 0 Å². The number of carboxylic acid groups (broad SMARTS) is 1. The van der Waals surface area contributed by atoms with Crippen LogP contribution in [0.15, 0.2) is 42.5 Å². The van der Waals surface area contributed by atoms with Crippen molar-refractivity contribution in [2.75, 3.05) is 49.6 Å². The Morgan fingerprint density at radius 1 is 0.861 bits per heavy atom. The van der Waals surface area contributed by atoms with Crippen LogP contribution >= 0.6 is 45.2 Å². The number of aliphatic carboxylic acids is 1. The lowest BCUT2D eigenvalue weighted by Crippen LogP contribution is -2.28. The van der Waals surface area contributed by atoms with Gasteiger partial charge in [0.2, 0.25) is 0 Å². The van der Waals surface area contributed by atoms with Gasteiger partial charge in [-0.25, -0.2) is 0 Å². The van der Waals surface area contributed by atoms with E-state index < -0.39 is 11.9 Å². The van der Waals surface area contributed by atoms with Crippen LogP contribution in [0.3, 0.4) is 0 Å². The third kappa shape index (κ3) is 10.1. The highest BCUT2D eigenvalue weighted by molar-refractivity contribution is 14.1. The number of halogens is 2. The number of hydrogen-bond acceptors (Lipinski definition) is 4. The largest absolute Gasteiger partial charge is 0.481 e. The molecule has 0 fully saturated rings. The van der Waals surface area contributed by atoms with Gasteiger partial charge in [0.25, 0.3) is 0 Å². The van der Waals surface area contributed by atoms with E-state index in [2.05, 4.69) is 81.9 Å². The molecule has 1 atom stereocenters. The van der Waals surface area contributed by atoms with Gasteiger partial charge < -0.3 is 19.6 Å². The average Bonchev–Trinajstić information content (AvgIpc) is 2.91. The monoisotopic (exact) mass is 722 g/mol. The first-order valence-electron chi connectivity index (χ1n) is 12.8. The summed E-state index contributed by atoms with van der Waals surface area (Å²) in [6.45, 7) is 10.2. The van der Waals surface area contributed by atoms with Crippen LogP contribution in [0.5, 0.6) is 11.5 Å². The first-order chi connectivity index (χ1) is 17.5. The first kappa shape index (κ1) is 33.1. The van der Waals surface area contributed by atoms with Gasteiger partial charge in [0.15, 0.2) is 0 Å². The molecule has 36 heavy (non-hydrogen) atoms. The van der Waals surface area contributed by atoms with E-state index in [9.17, 15) is 9.90 Å². The fraction of sp³-hybridized carbons (Fsp3) is 0.552. The van der Waals surface area contributed by atoms with Gasteiger partial charge in [-0.05, 0) is 86.9 Å². The number of nitrogens with zero attached hydrogens (tertiary/aromatic N) is 2. The van der Waals surface area contributed by atoms with E-state index in [1.54, 1.807) is 0 Å². The number of carboxylic acids is 1. The molecule has 2 aromatic carbocycles. The zero-order valence-corrected chi connectivity index (χ0v) is 26.9. The van der Waals surface area contributed by atoms with Crippen molar-refractivity contribution in [2.24, 2.45) is 0 Å². The fourth-order valence-electron chi connectivity index (χ4n) is 4.60. The number of aryl methyl sites for hydroxylation is 1. The average molecular weight is 722 g/mol. The number of carbonyl (C=O) groups is 1. The summed E-state index contributed by atoms with van der Waals surface area (Å²) in [6, 6.07) is 13.4. The van der Waals surface area contributed by atoms with Gasteiger partial charge in [-0.1, -0.05) is 102 Å². The molecule has 0 aromatic heterocycles. The Morgan fingerprint density at radius 3 is 2.17 bits per heavy atom. The van der Waals surface area contributed by atoms with E-state index in [4.69, 9.17) is 4.74 Å². The summed E-state index contributed by atoms with van der Waals surface area (Å²) >= 11 is 4.30. The van der Waals surface area contributed by atoms with Crippen molar-refractivity contribution in [1.82, 2.24) is 9.80 Å². The summed E-state index contributed by atoms with van der Waals surface area (Å²) in [5.74, 6) is -0.0959. The molecule has 0 radical (unpaired) electrons. The molecule has 202 valence electrons. The van der Waals surface area contributed by atoms with Gasteiger partial charge in [0, 0.05) is 11.1 Å². The Hall–Kier alpha value is -0.910. The zero-order valence-electron chi connectivity index (χ0n) is 22.6. The van der Waals surface area contributed by atoms with Crippen molar-refractivity contribution in [2.45, 2.75) is 51.9 Å². The van der Waals surface area contributed by atoms with Crippen LogP contribution in [-0.4, -0.2) is 70.5 Å². The van der Waals surface area contributed by atoms with Gasteiger partial charge in [0.05, 0.1) is 0 Å². The lowest BCUT2D eigenvalue weighted by atomic mass is 9.86. The van der Waals surface area contributed by atoms with Crippen molar-refractivity contribution >= 4 is 51.2 Å². The third-order valence-corrected chi connectivity index (χ3v) is 6.52. The molecule has 1 unspecified atom stereocenters. The lowest BCUT2D eigenvalue weighted by molar-refractivity contribution is -0.137. The van der Waals surface area contributed by atoms with Crippen LogP contribution in [0.25, 0.3) is 0 Å². The summed E-state index contributed by atoms with van der Waals surface area (Å²) < 4.78 is 6.19. The molecule has 2 aromatic rings. The van der Waals surface area contributed by atoms with E-state index in [1.807, 2.05) is 46.3 Å². The molecule has 0 saturated carbocycles. The predicted octanol–water partition coefficient (Wildman–Crippen LogP) is 7.49. The number of benzene rings is 2. The maximum atomic E-state index is 12.0. The van der Waals surface area contributed by atoms with Crippen molar-refractivity contribution < 1.29 is 14.6 Å². The second kappa shape index (κ2) is 19.2. The minimum Gasteiger partial charge on any atom is -0.481 e. The molecule has 1 N–H and O–H groups in total. The van der Waals surface area contributed by atoms with Gasteiger partial charge in [0.1, 0.15) is 17.4 Å². The molecule has 0 spiro atoms. The zero-order chi connectivity index (χ0) is 26.9. The van der Waals surface area contributed by atoms with Gasteiger partial charge in [-0.3, -0.25) is 4.79 Å². The molecule has 0 aliphatic carbocycles. The summed E-state index contributed by atoms with van der Waals surface area (Å²) in [5, 5.41) is 9.88. The van der Waals surface area contributed by atoms with Crippen molar-refractivity contribution in [3.8, 4) is 11.5 Å². The minimum absolute atomic E-state index is 0.659. The number of hydrogen-bond donors (Lipinski definition) is 1. The molecular formula is C29H44I2N2O3. The predicted molar refractivity (Wildman–Crippen MR) is 170 cm³/mol. The normalized spacial score (nSPS) is 13.5. The number of ether oxygens (including phenoxy) is 1. The fourth-order valence-corrected chi connectivity index (χ4v) is 4.60. The van der Waals surface area contributed by atoms with Crippen molar-refractivity contribution in [3.05, 3.63) is 59.2 Å². The van der Waals surface area contributed by atoms with E-state index in [0.29, 0.717) is 5.75 Å². The maximum absolute atomic E-state index is 12.0. The number of fused-ring (bicyclic) bond motifs is 2. The molecule has 1 aliphatic rings. The second-order valence-corrected chi connectivity index (χ2v) is 8.74. The summed E-state index contributed by atoms with van der Waals surface area (Å²) in [7, 11) is 2.22. The summed E-state index contributed by atoms with van der Waals surface area (Å²) in [4.78, 5) is 20.9. The van der Waals surface area contributed by atoms with Gasteiger partial charge in [-0.2, -0.15) is 0 Å². The topological polar surface area (TPSA) is 53.0 Å². The Balaban J connectivity index is 0.00000154. The molecule has 0 bridgehead atoms. The molecule has 0 amide bonds. The third-order valence-electron chi connectivity index (χ3n) is 6.52. The van der Waals surface area contributed by atoms with Gasteiger partial charge in [-0.15, -0.1) is 0 Å². The molecule has 3 rings (SSSR count). The molecule has 0 saturated heterocycles. The van der Waals surface area contributed by atoms with Crippen LogP contribution < -0.4 is 4.74 Å². The Morgan fingerprint density at radius 2 is 1.50 bits per heavy atom. The quantitative estimate of drug-likeness (QED) is 0.132. The number of rotatable bonds is 13. The maximum Gasteiger partial charge on any atom is 0.315 e. The Labute approximate surface area is 246 Å². The molecule has 5 nitrogen and oxygen atoms in total. The summed E-state index contributed by atoms with van der Waals surface area (Å²) in [6.07, 6.45) is 5.54. The second-order valence-electron chi connectivity index (χ2n) is 8.74. The number of para-hydroxylation sites is 2. The van der Waals surface area contributed by atoms with Crippen molar-refractivity contribution in [1.29, 1.82) is 0 Å². The van der Waals surface area contributed by atoms with Crippen LogP contribution in [-0.2, 0) is 11.2 Å². The minimum atomic E-state index is -0.830. The number of alkyl halides is 2. The molecule has 7 heteroatoms. The SMILES string of the molecule is CCN(CC)CCCN(C)CCCCCc1cccc2c1Oc1ccccc1C2C(=O)O.CI.CI. The van der Waals surface area contributed by atoms with E-state index in [-0.39, 0.29) is 0 Å². The van der Waals surface area contributed by atoms with Crippen LogP contribution in [0.1, 0.15) is 62.1 Å². The van der Waals surface area contributed by atoms with Crippen LogP contribution in [0, 0.1) is 0 Å². The van der Waals surface area contributed by atoms with E-state index >= 15 is 0 Å². The molecule has 1 aliphatic heterocycles. The van der Waals surface area contributed by atoms with Crippen LogP contribution in [0.2, 0.25) is 0 Å². The highest BCUT2D eigenvalue weighted by atomic mass is 127. The lowest BCUT2D eigenvalue weighted by Gasteiger charge is -2.27. The highest BCUT2D eigenvalue weighted by Gasteiger charge is 2.33. The summed E-state index contributed by atoms with van der Waals surface area (Å²) in [5.41, 5.74) is 2.60. The number of unbranched alkanes of at least 4 members (excludes halogenated alkanes) is 2. The van der Waals surface area contributed by atoms with Gasteiger partial charge >= 0.3 is 5.97 Å². The standard InChI is InChI=1S/C27H38N2O3.2CH3I/c1-4-29(5-2)20-12-19-28(3)18-10-6-7-13-21-14-11-16-23-25(27(30)31)22-15-8-9-17-24(22)32-26(21)23;2*1-2/h8-9,11,14-17,25H,4-7,10,12-13,18-20H2,1-3H3,(H,30,31);2*1H3. The van der Waals surface area contributed by atoms with Crippen molar-refractivity contribution in [3.63, 3.8) is 0 Å². The Bertz CT molecular complexity index is 891. The van der Waals surface area contributed by atoms with E-state index in [0.717, 1.165) is 67.9 Å². The molecular weight excluding hydrogens is 678 g/mol. The Kier molecular flexibility index (Phi) is 17.7. The smallest absolute Gasteiger partial charge is 0.315 e.